The number of thioether (sulfide) groups is 1. The number of aliphatic hydroxyl groups excluding tert-OH is 4. The van der Waals surface area contributed by atoms with Crippen LogP contribution in [0.2, 0.25) is 0 Å². The summed E-state index contributed by atoms with van der Waals surface area (Å²) in [6, 6.07) is 9.44. The molecule has 19 heavy (non-hydrogen) atoms. The van der Waals surface area contributed by atoms with E-state index in [1.54, 1.807) is 0 Å². The van der Waals surface area contributed by atoms with Gasteiger partial charge in [0.15, 0.2) is 0 Å². The molecule has 104 valence electrons. The first-order valence-electron chi connectivity index (χ1n) is 5.84. The van der Waals surface area contributed by atoms with Gasteiger partial charge in [-0.15, -0.1) is 0 Å². The fourth-order valence-corrected chi connectivity index (χ4v) is 2.69. The first-order chi connectivity index (χ1) is 9.13. The van der Waals surface area contributed by atoms with Crippen LogP contribution in [0.3, 0.4) is 0 Å². The smallest absolute Gasteiger partial charge is 0.125 e. The van der Waals surface area contributed by atoms with Crippen LogP contribution in [0.15, 0.2) is 35.4 Å². The lowest BCUT2D eigenvalue weighted by molar-refractivity contribution is -0.0779. The summed E-state index contributed by atoms with van der Waals surface area (Å²) in [5.41, 5.74) is 3.62. The maximum absolute atomic E-state index is 9.91. The number of hydrogen-bond acceptors (Lipinski definition) is 7. The summed E-state index contributed by atoms with van der Waals surface area (Å²) in [6.45, 7) is -0.609. The predicted molar refractivity (Wildman–Crippen MR) is 72.6 cm³/mol. The van der Waals surface area contributed by atoms with E-state index < -0.39 is 30.3 Å². The van der Waals surface area contributed by atoms with Crippen molar-refractivity contribution in [3.8, 4) is 0 Å². The van der Waals surface area contributed by atoms with Gasteiger partial charge in [0, 0.05) is 5.56 Å². The van der Waals surface area contributed by atoms with Crippen LogP contribution in [0.25, 0.3) is 0 Å². The molecular formula is C12H16N2O4S. The Morgan fingerprint density at radius 1 is 1.21 bits per heavy atom. The molecule has 0 bridgehead atoms. The Kier molecular flexibility index (Phi) is 4.78. The van der Waals surface area contributed by atoms with Crippen molar-refractivity contribution in [1.29, 1.82) is 0 Å². The molecule has 0 saturated heterocycles. The van der Waals surface area contributed by atoms with Crippen molar-refractivity contribution < 1.29 is 20.4 Å². The zero-order chi connectivity index (χ0) is 13.8. The van der Waals surface area contributed by atoms with Crippen LogP contribution in [-0.4, -0.2) is 55.8 Å². The van der Waals surface area contributed by atoms with E-state index in [4.69, 9.17) is 5.11 Å². The van der Waals surface area contributed by atoms with Crippen molar-refractivity contribution in [2.75, 3.05) is 6.61 Å². The molecule has 0 amide bonds. The molecule has 0 saturated carbocycles. The molecule has 4 atom stereocenters. The number of hydrazone groups is 1. The zero-order valence-corrected chi connectivity index (χ0v) is 10.9. The molecule has 5 N–H and O–H groups in total. The molecule has 1 aliphatic heterocycles. The highest BCUT2D eigenvalue weighted by molar-refractivity contribution is 8.15. The summed E-state index contributed by atoms with van der Waals surface area (Å²) in [4.78, 5) is 0. The summed E-state index contributed by atoms with van der Waals surface area (Å²) in [7, 11) is 0. The Hall–Kier alpha value is -1.12. The van der Waals surface area contributed by atoms with E-state index in [1.807, 2.05) is 30.3 Å². The van der Waals surface area contributed by atoms with E-state index in [2.05, 4.69) is 10.5 Å². The maximum Gasteiger partial charge on any atom is 0.125 e. The number of aliphatic hydroxyl groups is 4. The van der Waals surface area contributed by atoms with Crippen LogP contribution in [-0.2, 0) is 0 Å². The summed E-state index contributed by atoms with van der Waals surface area (Å²) < 4.78 is 0. The Balaban J connectivity index is 1.97. The standard InChI is InChI=1S/C12H16N2O4S/c15-6-8(16)9(17)10(18)12-14-13-11(19-12)7-4-2-1-3-5-7/h1-5,8-10,12,14-18H,6H2. The lowest BCUT2D eigenvalue weighted by Crippen LogP contribution is -2.47. The maximum atomic E-state index is 9.91. The minimum atomic E-state index is -1.43. The molecule has 0 aromatic heterocycles. The summed E-state index contributed by atoms with van der Waals surface area (Å²) in [6.07, 6.45) is -4.05. The van der Waals surface area contributed by atoms with Crippen LogP contribution < -0.4 is 5.43 Å². The Morgan fingerprint density at radius 3 is 2.53 bits per heavy atom. The molecule has 1 aromatic rings. The second-order valence-corrected chi connectivity index (χ2v) is 5.31. The Morgan fingerprint density at radius 2 is 1.89 bits per heavy atom. The average molecular weight is 284 g/mol. The lowest BCUT2D eigenvalue weighted by atomic mass is 10.1. The van der Waals surface area contributed by atoms with Crippen LogP contribution >= 0.6 is 11.8 Å². The van der Waals surface area contributed by atoms with E-state index >= 15 is 0 Å². The average Bonchev–Trinajstić information content (AvgIpc) is 2.95. The second kappa shape index (κ2) is 6.36. The molecule has 0 aliphatic carbocycles. The highest BCUT2D eigenvalue weighted by atomic mass is 32.2. The third kappa shape index (κ3) is 3.26. The fourth-order valence-electron chi connectivity index (χ4n) is 1.67. The SMILES string of the molecule is OCC(O)C(O)C(O)C1NN=C(c2ccccc2)S1. The van der Waals surface area contributed by atoms with Gasteiger partial charge >= 0.3 is 0 Å². The van der Waals surface area contributed by atoms with Crippen molar-refractivity contribution >= 4 is 16.8 Å². The number of hydrogen-bond donors (Lipinski definition) is 5. The van der Waals surface area contributed by atoms with Crippen molar-refractivity contribution in [3.05, 3.63) is 35.9 Å². The summed E-state index contributed by atoms with van der Waals surface area (Å²) in [5, 5.41) is 41.8. The topological polar surface area (TPSA) is 105 Å². The molecular weight excluding hydrogens is 268 g/mol. The zero-order valence-electron chi connectivity index (χ0n) is 10.0. The second-order valence-electron chi connectivity index (χ2n) is 4.18. The van der Waals surface area contributed by atoms with Crippen LogP contribution in [0.4, 0.5) is 0 Å². The third-order valence-corrected chi connectivity index (χ3v) is 3.98. The van der Waals surface area contributed by atoms with E-state index in [-0.39, 0.29) is 0 Å². The largest absolute Gasteiger partial charge is 0.394 e. The van der Waals surface area contributed by atoms with E-state index in [1.165, 1.54) is 11.8 Å². The molecule has 0 radical (unpaired) electrons. The van der Waals surface area contributed by atoms with Crippen molar-refractivity contribution in [1.82, 2.24) is 5.43 Å². The predicted octanol–water partition coefficient (Wildman–Crippen LogP) is -0.914. The summed E-state index contributed by atoms with van der Waals surface area (Å²) in [5.74, 6) is 0. The number of benzene rings is 1. The Bertz CT molecular complexity index is 443. The van der Waals surface area contributed by atoms with Crippen LogP contribution in [0, 0.1) is 0 Å². The van der Waals surface area contributed by atoms with Crippen molar-refractivity contribution in [2.45, 2.75) is 23.7 Å². The molecule has 0 spiro atoms. The molecule has 6 nitrogen and oxygen atoms in total. The van der Waals surface area contributed by atoms with Crippen LogP contribution in [0.5, 0.6) is 0 Å². The van der Waals surface area contributed by atoms with Gasteiger partial charge in [-0.1, -0.05) is 42.1 Å². The quantitative estimate of drug-likeness (QED) is 0.479. The third-order valence-electron chi connectivity index (χ3n) is 2.79. The van der Waals surface area contributed by atoms with Gasteiger partial charge in [0.05, 0.1) is 6.61 Å². The monoisotopic (exact) mass is 284 g/mol. The molecule has 2 rings (SSSR count). The highest BCUT2D eigenvalue weighted by Gasteiger charge is 2.35. The van der Waals surface area contributed by atoms with Gasteiger partial charge in [-0.2, -0.15) is 5.10 Å². The number of nitrogens with one attached hydrogen (secondary N) is 1. The minimum Gasteiger partial charge on any atom is -0.394 e. The molecule has 0 fully saturated rings. The van der Waals surface area contributed by atoms with Crippen molar-refractivity contribution in [3.63, 3.8) is 0 Å². The molecule has 1 aliphatic rings. The molecule has 1 heterocycles. The van der Waals surface area contributed by atoms with Crippen molar-refractivity contribution in [2.24, 2.45) is 5.10 Å². The van der Waals surface area contributed by atoms with E-state index in [9.17, 15) is 15.3 Å². The van der Waals surface area contributed by atoms with E-state index in [0.717, 1.165) is 5.56 Å². The number of rotatable bonds is 5. The Labute approximate surface area is 114 Å². The lowest BCUT2D eigenvalue weighted by Gasteiger charge is -2.25. The van der Waals surface area contributed by atoms with Gasteiger partial charge in [0.1, 0.15) is 28.7 Å². The normalized spacial score (nSPS) is 23.4. The van der Waals surface area contributed by atoms with Gasteiger partial charge in [-0.25, -0.2) is 0 Å². The van der Waals surface area contributed by atoms with Gasteiger partial charge in [-0.05, 0) is 0 Å². The first-order valence-corrected chi connectivity index (χ1v) is 6.72. The highest BCUT2D eigenvalue weighted by Crippen LogP contribution is 2.26. The van der Waals surface area contributed by atoms with Gasteiger partial charge < -0.3 is 20.4 Å². The van der Waals surface area contributed by atoms with Crippen LogP contribution in [0.1, 0.15) is 5.56 Å². The summed E-state index contributed by atoms with van der Waals surface area (Å²) >= 11 is 1.26. The molecule has 4 unspecified atom stereocenters. The van der Waals surface area contributed by atoms with E-state index in [0.29, 0.717) is 5.04 Å². The minimum absolute atomic E-state index is 0.564. The van der Waals surface area contributed by atoms with Gasteiger partial charge in [-0.3, -0.25) is 5.43 Å². The van der Waals surface area contributed by atoms with Gasteiger partial charge in [0.25, 0.3) is 0 Å². The molecule has 1 aromatic carbocycles. The number of nitrogens with zero attached hydrogens (tertiary/aromatic N) is 1. The fraction of sp³-hybridized carbons (Fsp3) is 0.417. The van der Waals surface area contributed by atoms with Gasteiger partial charge in [0.2, 0.25) is 0 Å². The first kappa shape index (κ1) is 14.3. The molecule has 7 heteroatoms.